The van der Waals surface area contributed by atoms with Crippen molar-refractivity contribution in [1.82, 2.24) is 15.5 Å². The SMILES string of the molecule is N#Cc1cccc(C2(NC(=O)c3cccnn3)CCOCC2)c1. The Hall–Kier alpha value is -2.78. The van der Waals surface area contributed by atoms with Gasteiger partial charge in [-0.3, -0.25) is 4.79 Å². The molecule has 0 unspecified atom stereocenters. The lowest BCUT2D eigenvalue weighted by atomic mass is 9.82. The number of hydrogen-bond acceptors (Lipinski definition) is 5. The number of nitrogens with one attached hydrogen (secondary N) is 1. The van der Waals surface area contributed by atoms with Gasteiger partial charge in [0.15, 0.2) is 5.69 Å². The first-order valence-electron chi connectivity index (χ1n) is 7.42. The third-order valence-corrected chi connectivity index (χ3v) is 4.05. The van der Waals surface area contributed by atoms with Gasteiger partial charge in [-0.15, -0.1) is 5.10 Å². The second-order valence-corrected chi connectivity index (χ2v) is 5.45. The van der Waals surface area contributed by atoms with Crippen molar-refractivity contribution < 1.29 is 9.53 Å². The van der Waals surface area contributed by atoms with Crippen LogP contribution in [0.1, 0.15) is 34.5 Å². The van der Waals surface area contributed by atoms with E-state index in [-0.39, 0.29) is 11.6 Å². The van der Waals surface area contributed by atoms with Crippen LogP contribution in [0.15, 0.2) is 42.6 Å². The molecular weight excluding hydrogens is 292 g/mol. The second kappa shape index (κ2) is 6.55. The molecule has 1 aromatic heterocycles. The molecule has 23 heavy (non-hydrogen) atoms. The maximum atomic E-state index is 12.5. The van der Waals surface area contributed by atoms with Crippen LogP contribution in [0, 0.1) is 11.3 Å². The largest absolute Gasteiger partial charge is 0.381 e. The van der Waals surface area contributed by atoms with Gasteiger partial charge in [0, 0.05) is 19.4 Å². The monoisotopic (exact) mass is 308 g/mol. The molecule has 1 aliphatic rings. The number of nitriles is 1. The average molecular weight is 308 g/mol. The van der Waals surface area contributed by atoms with E-state index in [4.69, 9.17) is 10.00 Å². The lowest BCUT2D eigenvalue weighted by molar-refractivity contribution is 0.0343. The van der Waals surface area contributed by atoms with E-state index in [2.05, 4.69) is 21.6 Å². The summed E-state index contributed by atoms with van der Waals surface area (Å²) in [5.74, 6) is -0.276. The van der Waals surface area contributed by atoms with Crippen molar-refractivity contribution in [3.8, 4) is 6.07 Å². The molecule has 3 rings (SSSR count). The van der Waals surface area contributed by atoms with E-state index in [0.29, 0.717) is 31.6 Å². The minimum absolute atomic E-state index is 0.273. The number of carbonyl (C=O) groups excluding carboxylic acids is 1. The number of nitrogens with zero attached hydrogens (tertiary/aromatic N) is 3. The third kappa shape index (κ3) is 3.20. The molecule has 1 aromatic carbocycles. The molecule has 0 saturated carbocycles. The molecule has 1 amide bonds. The van der Waals surface area contributed by atoms with Gasteiger partial charge in [-0.25, -0.2) is 0 Å². The zero-order valence-electron chi connectivity index (χ0n) is 12.5. The summed E-state index contributed by atoms with van der Waals surface area (Å²) in [7, 11) is 0. The van der Waals surface area contributed by atoms with Crippen LogP contribution in [0.5, 0.6) is 0 Å². The molecular formula is C17H16N4O2. The molecule has 2 aromatic rings. The smallest absolute Gasteiger partial charge is 0.272 e. The van der Waals surface area contributed by atoms with Gasteiger partial charge in [0.25, 0.3) is 5.91 Å². The summed E-state index contributed by atoms with van der Waals surface area (Å²) in [6.45, 7) is 1.11. The van der Waals surface area contributed by atoms with Crippen molar-refractivity contribution in [2.75, 3.05) is 13.2 Å². The minimum Gasteiger partial charge on any atom is -0.381 e. The predicted octanol–water partition coefficient (Wildman–Crippen LogP) is 1.78. The van der Waals surface area contributed by atoms with E-state index in [1.165, 1.54) is 6.20 Å². The highest BCUT2D eigenvalue weighted by atomic mass is 16.5. The zero-order valence-corrected chi connectivity index (χ0v) is 12.5. The third-order valence-electron chi connectivity index (χ3n) is 4.05. The molecule has 116 valence electrons. The van der Waals surface area contributed by atoms with Crippen LogP contribution < -0.4 is 5.32 Å². The summed E-state index contributed by atoms with van der Waals surface area (Å²) in [6.07, 6.45) is 2.82. The van der Waals surface area contributed by atoms with Crippen LogP contribution in [0.3, 0.4) is 0 Å². The molecule has 1 aliphatic heterocycles. The van der Waals surface area contributed by atoms with Gasteiger partial charge in [-0.05, 0) is 42.7 Å². The molecule has 1 saturated heterocycles. The van der Waals surface area contributed by atoms with Gasteiger partial charge in [-0.1, -0.05) is 12.1 Å². The Balaban J connectivity index is 1.94. The first kappa shape index (κ1) is 15.1. The summed E-state index contributed by atoms with van der Waals surface area (Å²) < 4.78 is 5.45. The minimum atomic E-state index is -0.556. The summed E-state index contributed by atoms with van der Waals surface area (Å²) in [6, 6.07) is 12.8. The molecule has 0 atom stereocenters. The predicted molar refractivity (Wildman–Crippen MR) is 82.4 cm³/mol. The molecule has 1 fully saturated rings. The lowest BCUT2D eigenvalue weighted by Gasteiger charge is -2.38. The molecule has 2 heterocycles. The van der Waals surface area contributed by atoms with Gasteiger partial charge >= 0.3 is 0 Å². The van der Waals surface area contributed by atoms with Crippen LogP contribution in [0.4, 0.5) is 0 Å². The Morgan fingerprint density at radius 3 is 2.78 bits per heavy atom. The van der Waals surface area contributed by atoms with E-state index in [9.17, 15) is 4.79 Å². The topological polar surface area (TPSA) is 87.9 Å². The Bertz CT molecular complexity index is 734. The van der Waals surface area contributed by atoms with Crippen LogP contribution in [0.2, 0.25) is 0 Å². The van der Waals surface area contributed by atoms with Crippen LogP contribution in [-0.2, 0) is 10.3 Å². The highest BCUT2D eigenvalue weighted by molar-refractivity contribution is 5.92. The number of ether oxygens (including phenoxy) is 1. The van der Waals surface area contributed by atoms with Gasteiger partial charge in [0.1, 0.15) is 0 Å². The van der Waals surface area contributed by atoms with E-state index < -0.39 is 5.54 Å². The number of hydrogen-bond donors (Lipinski definition) is 1. The van der Waals surface area contributed by atoms with Crippen LogP contribution >= 0.6 is 0 Å². The zero-order chi connectivity index (χ0) is 16.1. The molecule has 6 heteroatoms. The quantitative estimate of drug-likeness (QED) is 0.934. The Morgan fingerprint density at radius 1 is 1.26 bits per heavy atom. The van der Waals surface area contributed by atoms with Crippen LogP contribution in [-0.4, -0.2) is 29.3 Å². The highest BCUT2D eigenvalue weighted by Gasteiger charge is 2.36. The number of rotatable bonds is 3. The van der Waals surface area contributed by atoms with Crippen molar-refractivity contribution in [2.24, 2.45) is 0 Å². The molecule has 0 spiro atoms. The number of carbonyl (C=O) groups is 1. The maximum absolute atomic E-state index is 12.5. The Kier molecular flexibility index (Phi) is 4.31. The van der Waals surface area contributed by atoms with Crippen molar-refractivity contribution >= 4 is 5.91 Å². The Labute approximate surface area is 134 Å². The average Bonchev–Trinajstić information content (AvgIpc) is 2.63. The van der Waals surface area contributed by atoms with E-state index >= 15 is 0 Å². The van der Waals surface area contributed by atoms with Crippen molar-refractivity contribution in [2.45, 2.75) is 18.4 Å². The second-order valence-electron chi connectivity index (χ2n) is 5.45. The molecule has 6 nitrogen and oxygen atoms in total. The summed E-state index contributed by atoms with van der Waals surface area (Å²) in [4.78, 5) is 12.5. The fourth-order valence-electron chi connectivity index (χ4n) is 2.80. The normalized spacial score (nSPS) is 16.3. The number of benzene rings is 1. The summed E-state index contributed by atoms with van der Waals surface area (Å²) in [5, 5.41) is 19.8. The van der Waals surface area contributed by atoms with E-state index in [0.717, 1.165) is 5.56 Å². The molecule has 0 aliphatic carbocycles. The summed E-state index contributed by atoms with van der Waals surface area (Å²) >= 11 is 0. The molecule has 0 bridgehead atoms. The van der Waals surface area contributed by atoms with Gasteiger partial charge in [0.2, 0.25) is 0 Å². The van der Waals surface area contributed by atoms with E-state index in [1.807, 2.05) is 18.2 Å². The first-order valence-corrected chi connectivity index (χ1v) is 7.42. The molecule has 0 radical (unpaired) electrons. The number of amides is 1. The fourth-order valence-corrected chi connectivity index (χ4v) is 2.80. The van der Waals surface area contributed by atoms with Crippen molar-refractivity contribution in [3.63, 3.8) is 0 Å². The van der Waals surface area contributed by atoms with Crippen molar-refractivity contribution in [3.05, 3.63) is 59.4 Å². The highest BCUT2D eigenvalue weighted by Crippen LogP contribution is 2.32. The fraction of sp³-hybridized carbons (Fsp3) is 0.294. The Morgan fingerprint density at radius 2 is 2.09 bits per heavy atom. The first-order chi connectivity index (χ1) is 11.2. The van der Waals surface area contributed by atoms with Gasteiger partial charge in [0.05, 0.1) is 17.2 Å². The standard InChI is InChI=1S/C17H16N4O2/c18-12-13-3-1-4-14(11-13)17(6-9-23-10-7-17)20-16(22)15-5-2-8-19-21-15/h1-5,8,11H,6-7,9-10H2,(H,20,22). The molecule has 1 N–H and O–H groups in total. The van der Waals surface area contributed by atoms with E-state index in [1.54, 1.807) is 18.2 Å². The van der Waals surface area contributed by atoms with Gasteiger partial charge < -0.3 is 10.1 Å². The van der Waals surface area contributed by atoms with Crippen molar-refractivity contribution in [1.29, 1.82) is 5.26 Å². The summed E-state index contributed by atoms with van der Waals surface area (Å²) in [5.41, 5.74) is 1.20. The number of aromatic nitrogens is 2. The van der Waals surface area contributed by atoms with Crippen LogP contribution in [0.25, 0.3) is 0 Å². The van der Waals surface area contributed by atoms with Gasteiger partial charge in [-0.2, -0.15) is 10.4 Å². The lowest BCUT2D eigenvalue weighted by Crippen LogP contribution is -2.49. The maximum Gasteiger partial charge on any atom is 0.272 e.